The average Bonchev–Trinajstić information content (AvgIpc) is 2.63. The number of nitrogens with one attached hydrogen (secondary N) is 1. The molecule has 27 heavy (non-hydrogen) atoms. The van der Waals surface area contributed by atoms with Gasteiger partial charge in [0.25, 0.3) is 12.3 Å². The average molecular weight is 381 g/mol. The summed E-state index contributed by atoms with van der Waals surface area (Å²) in [7, 11) is 0. The number of hydrogen-bond donors (Lipinski definition) is 3. The lowest BCUT2D eigenvalue weighted by Crippen LogP contribution is -2.45. The number of alkyl halides is 2. The van der Waals surface area contributed by atoms with E-state index in [0.29, 0.717) is 0 Å². The summed E-state index contributed by atoms with van der Waals surface area (Å²) in [5, 5.41) is 18.3. The van der Waals surface area contributed by atoms with Crippen molar-refractivity contribution >= 4 is 17.4 Å². The Morgan fingerprint density at radius 3 is 2.70 bits per heavy atom. The molecule has 0 fully saturated rings. The van der Waals surface area contributed by atoms with E-state index in [1.54, 1.807) is 0 Å². The Bertz CT molecular complexity index is 891. The number of hydrogen-bond acceptors (Lipinski definition) is 7. The highest BCUT2D eigenvalue weighted by atomic mass is 19.3. The van der Waals surface area contributed by atoms with Crippen LogP contribution in [0.1, 0.15) is 16.1 Å². The van der Waals surface area contributed by atoms with E-state index in [2.05, 4.69) is 20.5 Å². The number of aromatic hydroxyl groups is 1. The van der Waals surface area contributed by atoms with Crippen molar-refractivity contribution in [2.75, 3.05) is 18.5 Å². The molecule has 142 valence electrons. The molecular formula is C16H14F3N5O3. The van der Waals surface area contributed by atoms with Crippen molar-refractivity contribution in [1.29, 1.82) is 0 Å². The molecule has 1 atom stereocenters. The molecule has 1 amide bonds. The van der Waals surface area contributed by atoms with E-state index < -0.39 is 35.9 Å². The Morgan fingerprint density at radius 1 is 1.30 bits per heavy atom. The van der Waals surface area contributed by atoms with Gasteiger partial charge >= 0.3 is 0 Å². The van der Waals surface area contributed by atoms with Crippen LogP contribution in [0, 0.1) is 5.82 Å². The number of nitrogens with zero attached hydrogens (tertiary/aromatic N) is 3. The highest BCUT2D eigenvalue weighted by Gasteiger charge is 2.46. The summed E-state index contributed by atoms with van der Waals surface area (Å²) in [5.41, 5.74) is 2.63. The number of rotatable bonds is 4. The molecule has 1 unspecified atom stereocenters. The molecule has 2 heterocycles. The minimum Gasteiger partial charge on any atom is -0.492 e. The third kappa shape index (κ3) is 3.67. The largest absolute Gasteiger partial charge is 0.492 e. The standard InChI is InChI=1S/C16H14F3N5O3/c17-10-2-1-8(21-14(26)11-3-4-13(25)24-23-11)5-9(10)16(15(18)19)7-27-6-12(20)22-16/h1-5,15H,6-7H2,(H2,20,22)(H,21,26)(H,24,25). The van der Waals surface area contributed by atoms with E-state index in [9.17, 15) is 18.0 Å². The molecule has 1 aliphatic heterocycles. The maximum Gasteiger partial charge on any atom is 0.276 e. The quantitative estimate of drug-likeness (QED) is 0.736. The Kier molecular flexibility index (Phi) is 4.95. The lowest BCUT2D eigenvalue weighted by Gasteiger charge is -2.33. The molecule has 0 saturated carbocycles. The van der Waals surface area contributed by atoms with Crippen LogP contribution in [0.25, 0.3) is 0 Å². The molecule has 0 aliphatic carbocycles. The predicted octanol–water partition coefficient (Wildman–Crippen LogP) is 1.42. The second kappa shape index (κ2) is 7.19. The van der Waals surface area contributed by atoms with Crippen LogP contribution in [0.5, 0.6) is 5.88 Å². The first-order valence-electron chi connectivity index (χ1n) is 7.66. The number of amidine groups is 1. The summed E-state index contributed by atoms with van der Waals surface area (Å²) in [6.45, 7) is -0.699. The third-order valence-corrected chi connectivity index (χ3v) is 3.85. The van der Waals surface area contributed by atoms with Crippen molar-refractivity contribution in [1.82, 2.24) is 10.2 Å². The highest BCUT2D eigenvalue weighted by molar-refractivity contribution is 6.02. The number of halogens is 3. The number of aromatic nitrogens is 2. The maximum atomic E-state index is 14.3. The monoisotopic (exact) mass is 381 g/mol. The summed E-state index contributed by atoms with van der Waals surface area (Å²) in [4.78, 5) is 15.9. The zero-order valence-electron chi connectivity index (χ0n) is 13.7. The molecule has 0 spiro atoms. The summed E-state index contributed by atoms with van der Waals surface area (Å²) in [6.07, 6.45) is -3.10. The van der Waals surface area contributed by atoms with E-state index in [1.807, 2.05) is 0 Å². The van der Waals surface area contributed by atoms with Gasteiger partial charge in [0.15, 0.2) is 11.2 Å². The SMILES string of the molecule is NC1=NC(c2cc(NC(=O)c3ccc(O)nn3)ccc2F)(C(F)F)COC1. The molecule has 3 rings (SSSR count). The fourth-order valence-corrected chi connectivity index (χ4v) is 2.58. The van der Waals surface area contributed by atoms with E-state index >= 15 is 0 Å². The zero-order valence-corrected chi connectivity index (χ0v) is 13.7. The van der Waals surface area contributed by atoms with Gasteiger partial charge in [0.2, 0.25) is 5.88 Å². The highest BCUT2D eigenvalue weighted by Crippen LogP contribution is 2.37. The summed E-state index contributed by atoms with van der Waals surface area (Å²) in [6, 6.07) is 5.53. The number of carbonyl (C=O) groups excluding carboxylic acids is 1. The molecule has 0 saturated heterocycles. The smallest absolute Gasteiger partial charge is 0.276 e. The molecule has 1 aromatic carbocycles. The number of aliphatic imine (C=N–C) groups is 1. The van der Waals surface area contributed by atoms with Gasteiger partial charge < -0.3 is 20.9 Å². The number of nitrogens with two attached hydrogens (primary N) is 1. The van der Waals surface area contributed by atoms with Crippen LogP contribution < -0.4 is 11.1 Å². The van der Waals surface area contributed by atoms with Gasteiger partial charge in [0.1, 0.15) is 18.3 Å². The van der Waals surface area contributed by atoms with Crippen molar-refractivity contribution in [2.45, 2.75) is 12.0 Å². The lowest BCUT2D eigenvalue weighted by molar-refractivity contribution is -0.0145. The first-order valence-corrected chi connectivity index (χ1v) is 7.66. The molecule has 0 bridgehead atoms. The van der Waals surface area contributed by atoms with Crippen molar-refractivity contribution < 1.29 is 27.8 Å². The normalized spacial score (nSPS) is 19.6. The van der Waals surface area contributed by atoms with Crippen molar-refractivity contribution in [2.24, 2.45) is 10.7 Å². The molecule has 0 radical (unpaired) electrons. The number of ether oxygens (including phenoxy) is 1. The third-order valence-electron chi connectivity index (χ3n) is 3.85. The van der Waals surface area contributed by atoms with Gasteiger partial charge in [-0.05, 0) is 24.3 Å². The molecule has 2 aromatic rings. The van der Waals surface area contributed by atoms with Crippen LogP contribution in [-0.2, 0) is 10.3 Å². The summed E-state index contributed by atoms with van der Waals surface area (Å²) in [5.74, 6) is -2.23. The lowest BCUT2D eigenvalue weighted by atomic mass is 9.90. The number of benzene rings is 1. The minimum atomic E-state index is -3.10. The summed E-state index contributed by atoms with van der Waals surface area (Å²) >= 11 is 0. The van der Waals surface area contributed by atoms with Crippen LogP contribution in [0.4, 0.5) is 18.9 Å². The van der Waals surface area contributed by atoms with Crippen molar-refractivity contribution in [3.05, 3.63) is 47.4 Å². The molecule has 4 N–H and O–H groups in total. The predicted molar refractivity (Wildman–Crippen MR) is 88.2 cm³/mol. The van der Waals surface area contributed by atoms with E-state index in [-0.39, 0.29) is 29.7 Å². The Morgan fingerprint density at radius 2 is 2.07 bits per heavy atom. The van der Waals surface area contributed by atoms with Crippen molar-refractivity contribution in [3.8, 4) is 5.88 Å². The first-order chi connectivity index (χ1) is 12.8. The van der Waals surface area contributed by atoms with Crippen molar-refractivity contribution in [3.63, 3.8) is 0 Å². The van der Waals surface area contributed by atoms with Crippen LogP contribution in [0.15, 0.2) is 35.3 Å². The van der Waals surface area contributed by atoms with Crippen LogP contribution >= 0.6 is 0 Å². The second-order valence-corrected chi connectivity index (χ2v) is 5.75. The number of anilines is 1. The maximum absolute atomic E-state index is 14.3. The second-order valence-electron chi connectivity index (χ2n) is 5.75. The van der Waals surface area contributed by atoms with Crippen LogP contribution in [0.3, 0.4) is 0 Å². The van der Waals surface area contributed by atoms with Gasteiger partial charge in [0.05, 0.1) is 6.61 Å². The molecule has 1 aromatic heterocycles. The minimum absolute atomic E-state index is 0.0330. The van der Waals surface area contributed by atoms with Crippen LogP contribution in [-0.4, -0.2) is 46.7 Å². The zero-order chi connectivity index (χ0) is 19.6. The Labute approximate surface area is 150 Å². The van der Waals surface area contributed by atoms with Gasteiger partial charge in [-0.3, -0.25) is 9.79 Å². The number of carbonyl (C=O) groups is 1. The topological polar surface area (TPSA) is 123 Å². The van der Waals surface area contributed by atoms with Gasteiger partial charge in [-0.1, -0.05) is 0 Å². The fourth-order valence-electron chi connectivity index (χ4n) is 2.58. The van der Waals surface area contributed by atoms with Gasteiger partial charge in [-0.15, -0.1) is 10.2 Å². The molecular weight excluding hydrogens is 367 g/mol. The molecule has 8 nitrogen and oxygen atoms in total. The number of amides is 1. The molecule has 1 aliphatic rings. The Balaban J connectivity index is 1.95. The molecule has 11 heteroatoms. The first kappa shape index (κ1) is 18.6. The van der Waals surface area contributed by atoms with Gasteiger partial charge in [-0.25, -0.2) is 13.2 Å². The van der Waals surface area contributed by atoms with Crippen LogP contribution in [0.2, 0.25) is 0 Å². The van der Waals surface area contributed by atoms with Gasteiger partial charge in [0, 0.05) is 17.3 Å². The fraction of sp³-hybridized carbons (Fsp3) is 0.250. The summed E-state index contributed by atoms with van der Waals surface area (Å²) < 4.78 is 46.9. The van der Waals surface area contributed by atoms with Gasteiger partial charge in [-0.2, -0.15) is 0 Å². The van der Waals surface area contributed by atoms with E-state index in [1.165, 1.54) is 12.1 Å². The Hall–Kier alpha value is -3.21. The van der Waals surface area contributed by atoms with E-state index in [0.717, 1.165) is 18.2 Å². The van der Waals surface area contributed by atoms with E-state index in [4.69, 9.17) is 15.6 Å².